The molecule has 0 radical (unpaired) electrons. The van der Waals surface area contributed by atoms with Crippen LogP contribution in [0, 0.1) is 5.82 Å². The highest BCUT2D eigenvalue weighted by atomic mass is 35.5. The SMILES string of the molecule is O=C(Cc1cccc(F)c1Cl)c1ccc2c(c1)CNC2. The van der Waals surface area contributed by atoms with Gasteiger partial charge in [-0.15, -0.1) is 0 Å². The average Bonchev–Trinajstić information content (AvgIpc) is 2.91. The maximum atomic E-state index is 13.4. The van der Waals surface area contributed by atoms with Crippen molar-refractivity contribution in [3.63, 3.8) is 0 Å². The zero-order valence-corrected chi connectivity index (χ0v) is 11.5. The Kier molecular flexibility index (Phi) is 3.55. The minimum absolute atomic E-state index is 0.0312. The van der Waals surface area contributed by atoms with Crippen LogP contribution in [0.1, 0.15) is 27.0 Å². The molecule has 0 fully saturated rings. The number of Topliss-reactive ketones (excluding diaryl/α,β-unsaturated/α-hetero) is 1. The van der Waals surface area contributed by atoms with E-state index in [9.17, 15) is 9.18 Å². The van der Waals surface area contributed by atoms with Crippen molar-refractivity contribution in [1.29, 1.82) is 0 Å². The number of hydrogen-bond donors (Lipinski definition) is 1. The summed E-state index contributed by atoms with van der Waals surface area (Å²) in [6, 6.07) is 10.2. The van der Waals surface area contributed by atoms with Crippen molar-refractivity contribution < 1.29 is 9.18 Å². The van der Waals surface area contributed by atoms with E-state index in [2.05, 4.69) is 5.32 Å². The van der Waals surface area contributed by atoms with Crippen molar-refractivity contribution in [2.24, 2.45) is 0 Å². The van der Waals surface area contributed by atoms with Gasteiger partial charge in [-0.25, -0.2) is 4.39 Å². The number of nitrogens with one attached hydrogen (secondary N) is 1. The molecule has 1 aliphatic rings. The van der Waals surface area contributed by atoms with E-state index >= 15 is 0 Å². The molecule has 2 nitrogen and oxygen atoms in total. The van der Waals surface area contributed by atoms with Crippen LogP contribution in [0.5, 0.6) is 0 Å². The van der Waals surface area contributed by atoms with Gasteiger partial charge in [0.25, 0.3) is 0 Å². The average molecular weight is 290 g/mol. The Bertz CT molecular complexity index is 684. The molecule has 1 heterocycles. The molecule has 102 valence electrons. The highest BCUT2D eigenvalue weighted by Crippen LogP contribution is 2.22. The van der Waals surface area contributed by atoms with Gasteiger partial charge < -0.3 is 5.32 Å². The molecule has 1 aliphatic heterocycles. The summed E-state index contributed by atoms with van der Waals surface area (Å²) in [5, 5.41) is 3.27. The first-order valence-electron chi connectivity index (χ1n) is 6.44. The number of benzene rings is 2. The van der Waals surface area contributed by atoms with Gasteiger partial charge in [0.1, 0.15) is 5.82 Å². The van der Waals surface area contributed by atoms with Crippen molar-refractivity contribution in [2.45, 2.75) is 19.5 Å². The molecule has 0 aliphatic carbocycles. The Labute approximate surface area is 121 Å². The third-order valence-corrected chi connectivity index (χ3v) is 3.96. The summed E-state index contributed by atoms with van der Waals surface area (Å²) in [5.74, 6) is -0.540. The predicted molar refractivity (Wildman–Crippen MR) is 76.4 cm³/mol. The second kappa shape index (κ2) is 5.35. The van der Waals surface area contributed by atoms with Crippen LogP contribution in [0.3, 0.4) is 0 Å². The molecule has 0 spiro atoms. The van der Waals surface area contributed by atoms with Crippen LogP contribution in [0.4, 0.5) is 4.39 Å². The predicted octanol–water partition coefficient (Wildman–Crippen LogP) is 3.51. The fraction of sp³-hybridized carbons (Fsp3) is 0.188. The minimum atomic E-state index is -0.491. The van der Waals surface area contributed by atoms with Gasteiger partial charge in [-0.3, -0.25) is 4.79 Å². The lowest BCUT2D eigenvalue weighted by Gasteiger charge is -2.06. The van der Waals surface area contributed by atoms with E-state index in [-0.39, 0.29) is 17.2 Å². The third-order valence-electron chi connectivity index (χ3n) is 3.54. The van der Waals surface area contributed by atoms with Crippen LogP contribution in [0.25, 0.3) is 0 Å². The van der Waals surface area contributed by atoms with Crippen LogP contribution in [0.15, 0.2) is 36.4 Å². The van der Waals surface area contributed by atoms with Gasteiger partial charge in [-0.1, -0.05) is 35.9 Å². The first-order chi connectivity index (χ1) is 9.65. The normalized spacial score (nSPS) is 13.3. The molecule has 3 rings (SSSR count). The Morgan fingerprint density at radius 3 is 2.85 bits per heavy atom. The van der Waals surface area contributed by atoms with E-state index in [0.29, 0.717) is 11.1 Å². The number of carbonyl (C=O) groups excluding carboxylic acids is 1. The molecular formula is C16H13ClFNO. The van der Waals surface area contributed by atoms with E-state index in [1.54, 1.807) is 12.1 Å². The summed E-state index contributed by atoms with van der Waals surface area (Å²) in [6.45, 7) is 1.64. The maximum Gasteiger partial charge on any atom is 0.167 e. The number of fused-ring (bicyclic) bond motifs is 1. The first kappa shape index (κ1) is 13.3. The third kappa shape index (κ3) is 2.47. The fourth-order valence-electron chi connectivity index (χ4n) is 2.43. The Balaban J connectivity index is 1.84. The van der Waals surface area contributed by atoms with Crippen molar-refractivity contribution in [3.8, 4) is 0 Å². The van der Waals surface area contributed by atoms with Crippen LogP contribution in [-0.4, -0.2) is 5.78 Å². The smallest absolute Gasteiger partial charge is 0.167 e. The van der Waals surface area contributed by atoms with Gasteiger partial charge in [0.2, 0.25) is 0 Å². The molecule has 20 heavy (non-hydrogen) atoms. The van der Waals surface area contributed by atoms with Crippen molar-refractivity contribution in [1.82, 2.24) is 5.32 Å². The Morgan fingerprint density at radius 1 is 1.20 bits per heavy atom. The molecular weight excluding hydrogens is 277 g/mol. The van der Waals surface area contributed by atoms with Crippen molar-refractivity contribution >= 4 is 17.4 Å². The highest BCUT2D eigenvalue weighted by Gasteiger charge is 2.15. The van der Waals surface area contributed by atoms with E-state index in [1.807, 2.05) is 18.2 Å². The van der Waals surface area contributed by atoms with Gasteiger partial charge in [0.05, 0.1) is 5.02 Å². The lowest BCUT2D eigenvalue weighted by Crippen LogP contribution is -2.05. The molecule has 0 aromatic heterocycles. The molecule has 0 atom stereocenters. The number of halogens is 2. The summed E-state index contributed by atoms with van der Waals surface area (Å²) in [4.78, 5) is 12.3. The largest absolute Gasteiger partial charge is 0.309 e. The summed E-state index contributed by atoms with van der Waals surface area (Å²) in [6.07, 6.45) is 0.114. The molecule has 0 saturated heterocycles. The summed E-state index contributed by atoms with van der Waals surface area (Å²) in [5.41, 5.74) is 3.55. The minimum Gasteiger partial charge on any atom is -0.309 e. The van der Waals surface area contributed by atoms with Crippen LogP contribution >= 0.6 is 11.6 Å². The molecule has 4 heteroatoms. The highest BCUT2D eigenvalue weighted by molar-refractivity contribution is 6.31. The summed E-state index contributed by atoms with van der Waals surface area (Å²) in [7, 11) is 0. The van der Waals surface area contributed by atoms with Gasteiger partial charge in [0, 0.05) is 25.1 Å². The van der Waals surface area contributed by atoms with E-state index < -0.39 is 5.82 Å². The Morgan fingerprint density at radius 2 is 2.00 bits per heavy atom. The van der Waals surface area contributed by atoms with Crippen molar-refractivity contribution in [3.05, 3.63) is 69.5 Å². The second-order valence-electron chi connectivity index (χ2n) is 4.90. The zero-order valence-electron chi connectivity index (χ0n) is 10.7. The van der Waals surface area contributed by atoms with Gasteiger partial charge >= 0.3 is 0 Å². The van der Waals surface area contributed by atoms with E-state index in [1.165, 1.54) is 11.6 Å². The number of carbonyl (C=O) groups is 1. The molecule has 0 saturated carbocycles. The second-order valence-corrected chi connectivity index (χ2v) is 5.28. The topological polar surface area (TPSA) is 29.1 Å². The van der Waals surface area contributed by atoms with Gasteiger partial charge in [-0.05, 0) is 28.8 Å². The Hall–Kier alpha value is -1.71. The van der Waals surface area contributed by atoms with Crippen LogP contribution < -0.4 is 5.32 Å². The van der Waals surface area contributed by atoms with Crippen molar-refractivity contribution in [2.75, 3.05) is 0 Å². The van der Waals surface area contributed by atoms with Gasteiger partial charge in [0.15, 0.2) is 5.78 Å². The first-order valence-corrected chi connectivity index (χ1v) is 6.81. The van der Waals surface area contributed by atoms with E-state index in [0.717, 1.165) is 18.7 Å². The number of ketones is 1. The molecule has 0 amide bonds. The number of hydrogen-bond acceptors (Lipinski definition) is 2. The summed E-state index contributed by atoms with van der Waals surface area (Å²) < 4.78 is 13.4. The molecule has 2 aromatic rings. The van der Waals surface area contributed by atoms with E-state index in [4.69, 9.17) is 11.6 Å². The number of rotatable bonds is 3. The monoisotopic (exact) mass is 289 g/mol. The maximum absolute atomic E-state index is 13.4. The molecule has 0 unspecified atom stereocenters. The van der Waals surface area contributed by atoms with Crippen LogP contribution in [0.2, 0.25) is 5.02 Å². The quantitative estimate of drug-likeness (QED) is 0.876. The molecule has 1 N–H and O–H groups in total. The summed E-state index contributed by atoms with van der Waals surface area (Å²) >= 11 is 5.88. The van der Waals surface area contributed by atoms with Crippen LogP contribution in [-0.2, 0) is 19.5 Å². The lowest BCUT2D eigenvalue weighted by atomic mass is 9.99. The lowest BCUT2D eigenvalue weighted by molar-refractivity contribution is 0.0993. The molecule has 0 bridgehead atoms. The molecule has 2 aromatic carbocycles. The zero-order chi connectivity index (χ0) is 14.1. The standard InChI is InChI=1S/C16H13ClFNO/c17-16-11(2-1-3-14(16)18)7-15(20)10-4-5-12-8-19-9-13(12)6-10/h1-6,19H,7-9H2. The van der Waals surface area contributed by atoms with Gasteiger partial charge in [-0.2, -0.15) is 0 Å². The fourth-order valence-corrected chi connectivity index (χ4v) is 2.62.